The highest BCUT2D eigenvalue weighted by Gasteiger charge is 2.31. The van der Waals surface area contributed by atoms with Crippen molar-refractivity contribution >= 4 is 90.8 Å². The number of nitrogens with zero attached hydrogens (tertiary/aromatic N) is 4. The molecule has 2 N–H and O–H groups in total. The topological polar surface area (TPSA) is 55.3 Å². The highest BCUT2D eigenvalue weighted by molar-refractivity contribution is 7.81. The highest BCUT2D eigenvalue weighted by Crippen LogP contribution is 2.38. The number of nitrogens with one attached hydrogen (secondary N) is 2. The van der Waals surface area contributed by atoms with Crippen LogP contribution in [0.1, 0.15) is 25.0 Å². The molecule has 0 bridgehead atoms. The summed E-state index contributed by atoms with van der Waals surface area (Å²) in [4.78, 5) is 1.25. The van der Waals surface area contributed by atoms with E-state index in [1.807, 2.05) is 121 Å². The van der Waals surface area contributed by atoms with Crippen LogP contribution in [-0.4, -0.2) is 21.4 Å². The van der Waals surface area contributed by atoms with Gasteiger partial charge in [-0.05, 0) is 72.1 Å². The molecule has 8 rings (SSSR count). The van der Waals surface area contributed by atoms with E-state index >= 15 is 0 Å². The number of anilines is 4. The largest absolute Gasteiger partial charge is 0.353 e. The summed E-state index contributed by atoms with van der Waals surface area (Å²) in [6.45, 7) is 4.02. The second-order valence-electron chi connectivity index (χ2n) is 12.5. The van der Waals surface area contributed by atoms with E-state index in [1.165, 1.54) is 0 Å². The van der Waals surface area contributed by atoms with E-state index in [0.29, 0.717) is 9.98 Å². The fourth-order valence-electron chi connectivity index (χ4n) is 6.56. The Hall–Kier alpha value is -6.22. The average Bonchev–Trinajstić information content (AvgIpc) is 3.66. The second kappa shape index (κ2) is 14.2. The number of benzene rings is 6. The van der Waals surface area contributed by atoms with Crippen molar-refractivity contribution in [3.63, 3.8) is 0 Å². The Bertz CT molecular complexity index is 2280. The average molecular weight is 711 g/mol. The second-order valence-corrected chi connectivity index (χ2v) is 13.3. The van der Waals surface area contributed by atoms with Crippen LogP contribution in [0, 0.1) is 0 Å². The van der Waals surface area contributed by atoms with Gasteiger partial charge in [0.05, 0.1) is 56.7 Å². The number of rotatable bonds is 8. The van der Waals surface area contributed by atoms with Gasteiger partial charge in [-0.1, -0.05) is 146 Å². The third kappa shape index (κ3) is 6.30. The smallest absolute Gasteiger partial charge is 0.139 e. The first-order valence-corrected chi connectivity index (χ1v) is 17.8. The SMILES string of the molecule is CC1=NN(c2ccccc2)C(=S)/C1=C(\Nc1cc2ccccc2cc1N/C(=C1\C(=S)N(c2ccccc2)N=C1C)c1ccccc1)c1ccccc1. The molecule has 6 aromatic rings. The maximum absolute atomic E-state index is 6.17. The van der Waals surface area contributed by atoms with Crippen LogP contribution < -0.4 is 20.7 Å². The lowest BCUT2D eigenvalue weighted by molar-refractivity contribution is 1.17. The van der Waals surface area contributed by atoms with E-state index < -0.39 is 0 Å². The quantitative estimate of drug-likeness (QED) is 0.121. The van der Waals surface area contributed by atoms with Gasteiger partial charge in [0.1, 0.15) is 9.98 Å². The standard InChI is InChI=1S/C44H34N6S2/c1-29-39(43(51)49(47-29)35-23-11-5-12-24-35)41(31-17-7-3-8-18-31)45-37-27-33-21-15-16-22-34(33)28-38(37)46-42(32-19-9-4-10-20-32)40-30(2)48-50(44(40)52)36-25-13-6-14-26-36/h3-28,45-46H,1-2H3/b41-39-,42-40-. The maximum atomic E-state index is 6.17. The van der Waals surface area contributed by atoms with Crippen LogP contribution >= 0.6 is 24.4 Å². The minimum Gasteiger partial charge on any atom is -0.353 e. The molecule has 0 aromatic heterocycles. The Kier molecular flexibility index (Phi) is 8.99. The van der Waals surface area contributed by atoms with Crippen molar-refractivity contribution in [1.29, 1.82) is 0 Å². The zero-order chi connectivity index (χ0) is 35.6. The summed E-state index contributed by atoms with van der Waals surface area (Å²) in [6.07, 6.45) is 0. The van der Waals surface area contributed by atoms with Gasteiger partial charge >= 0.3 is 0 Å². The van der Waals surface area contributed by atoms with E-state index in [1.54, 1.807) is 0 Å². The lowest BCUT2D eigenvalue weighted by atomic mass is 10.0. The highest BCUT2D eigenvalue weighted by atomic mass is 32.1. The van der Waals surface area contributed by atoms with E-state index in [2.05, 4.69) is 71.3 Å². The van der Waals surface area contributed by atoms with Crippen LogP contribution in [0.4, 0.5) is 22.7 Å². The molecule has 6 nitrogen and oxygen atoms in total. The van der Waals surface area contributed by atoms with Gasteiger partial charge in [-0.2, -0.15) is 10.2 Å². The van der Waals surface area contributed by atoms with Crippen LogP contribution in [0.25, 0.3) is 22.2 Å². The molecule has 2 aliphatic heterocycles. The minimum atomic E-state index is 0.626. The van der Waals surface area contributed by atoms with Gasteiger partial charge in [-0.15, -0.1) is 0 Å². The summed E-state index contributed by atoms with van der Waals surface area (Å²) in [6, 6.07) is 53.3. The predicted octanol–water partition coefficient (Wildman–Crippen LogP) is 10.9. The summed E-state index contributed by atoms with van der Waals surface area (Å²) < 4.78 is 0. The van der Waals surface area contributed by atoms with E-state index in [-0.39, 0.29) is 0 Å². The minimum absolute atomic E-state index is 0.626. The van der Waals surface area contributed by atoms with Crippen LogP contribution in [0.5, 0.6) is 0 Å². The Labute approximate surface area is 314 Å². The Morgan fingerprint density at radius 2 is 0.788 bits per heavy atom. The molecule has 0 aliphatic carbocycles. The fraction of sp³-hybridized carbons (Fsp3) is 0.0455. The number of para-hydroxylation sites is 2. The summed E-state index contributed by atoms with van der Waals surface area (Å²) in [5, 5.41) is 23.4. The van der Waals surface area contributed by atoms with Gasteiger partial charge in [0.2, 0.25) is 0 Å². The third-order valence-electron chi connectivity index (χ3n) is 9.07. The first-order chi connectivity index (χ1) is 25.5. The van der Waals surface area contributed by atoms with Gasteiger partial charge in [0, 0.05) is 0 Å². The summed E-state index contributed by atoms with van der Waals surface area (Å²) >= 11 is 12.3. The van der Waals surface area contributed by atoms with E-state index in [0.717, 1.165) is 78.6 Å². The predicted molar refractivity (Wildman–Crippen MR) is 227 cm³/mol. The lowest BCUT2D eigenvalue weighted by Gasteiger charge is -2.23. The Morgan fingerprint density at radius 1 is 0.462 bits per heavy atom. The summed E-state index contributed by atoms with van der Waals surface area (Å²) in [7, 11) is 0. The monoisotopic (exact) mass is 710 g/mol. The van der Waals surface area contributed by atoms with E-state index in [4.69, 9.17) is 34.6 Å². The molecular formula is C44H34N6S2. The molecule has 0 amide bonds. The molecule has 252 valence electrons. The third-order valence-corrected chi connectivity index (χ3v) is 9.82. The maximum Gasteiger partial charge on any atom is 0.139 e. The molecule has 2 heterocycles. The molecule has 0 saturated carbocycles. The number of fused-ring (bicyclic) bond motifs is 1. The van der Waals surface area contributed by atoms with Crippen molar-refractivity contribution in [2.45, 2.75) is 13.8 Å². The van der Waals surface area contributed by atoms with Crippen molar-refractivity contribution in [3.05, 3.63) is 180 Å². The van der Waals surface area contributed by atoms with Gasteiger partial charge in [-0.25, -0.2) is 10.0 Å². The van der Waals surface area contributed by atoms with Crippen molar-refractivity contribution in [1.82, 2.24) is 0 Å². The Morgan fingerprint density at radius 3 is 1.15 bits per heavy atom. The molecule has 0 radical (unpaired) electrons. The van der Waals surface area contributed by atoms with Crippen molar-refractivity contribution < 1.29 is 0 Å². The number of thiocarbonyl (C=S) groups is 2. The fourth-order valence-corrected chi connectivity index (χ4v) is 7.35. The first kappa shape index (κ1) is 33.0. The number of hydrazone groups is 2. The summed E-state index contributed by atoms with van der Waals surface area (Å²) in [5.74, 6) is 0. The normalized spacial score (nSPS) is 16.2. The van der Waals surface area contributed by atoms with Gasteiger partial charge in [0.15, 0.2) is 0 Å². The molecule has 6 aromatic carbocycles. The molecule has 0 atom stereocenters. The van der Waals surface area contributed by atoms with Crippen molar-refractivity contribution in [3.8, 4) is 0 Å². The van der Waals surface area contributed by atoms with Crippen LogP contribution in [0.3, 0.4) is 0 Å². The molecule has 0 fully saturated rings. The van der Waals surface area contributed by atoms with E-state index in [9.17, 15) is 0 Å². The van der Waals surface area contributed by atoms with Gasteiger partial charge < -0.3 is 10.6 Å². The molecule has 8 heteroatoms. The number of hydrogen-bond acceptors (Lipinski definition) is 6. The van der Waals surface area contributed by atoms with Crippen LogP contribution in [-0.2, 0) is 0 Å². The van der Waals surface area contributed by atoms with Crippen molar-refractivity contribution in [2.24, 2.45) is 10.2 Å². The zero-order valence-electron chi connectivity index (χ0n) is 28.6. The first-order valence-electron chi connectivity index (χ1n) is 17.0. The van der Waals surface area contributed by atoms with Crippen LogP contribution in [0.2, 0.25) is 0 Å². The van der Waals surface area contributed by atoms with Gasteiger partial charge in [0.25, 0.3) is 0 Å². The lowest BCUT2D eigenvalue weighted by Crippen LogP contribution is -2.22. The molecule has 0 saturated heterocycles. The number of hydrogen-bond donors (Lipinski definition) is 2. The summed E-state index contributed by atoms with van der Waals surface area (Å²) in [5.41, 5.74) is 10.6. The zero-order valence-corrected chi connectivity index (χ0v) is 30.2. The van der Waals surface area contributed by atoms with Crippen LogP contribution in [0.15, 0.2) is 179 Å². The van der Waals surface area contributed by atoms with Gasteiger partial charge in [-0.3, -0.25) is 0 Å². The molecule has 0 unspecified atom stereocenters. The van der Waals surface area contributed by atoms with Crippen molar-refractivity contribution in [2.75, 3.05) is 20.7 Å². The molecule has 0 spiro atoms. The molecule has 52 heavy (non-hydrogen) atoms. The molecular weight excluding hydrogens is 677 g/mol. The molecule has 2 aliphatic rings. The Balaban J connectivity index is 1.29.